The molecular weight excluding hydrogens is 276 g/mol. The third-order valence-electron chi connectivity index (χ3n) is 2.95. The van der Waals surface area contributed by atoms with Crippen LogP contribution in [0.25, 0.3) is 0 Å². The molecule has 0 aromatic heterocycles. The van der Waals surface area contributed by atoms with E-state index in [9.17, 15) is 4.79 Å². The first-order valence-electron chi connectivity index (χ1n) is 7.51. The van der Waals surface area contributed by atoms with Gasteiger partial charge in [0.1, 0.15) is 0 Å². The first-order valence-corrected chi connectivity index (χ1v) is 11.0. The molecule has 0 amide bonds. The molecule has 0 atom stereocenters. The third kappa shape index (κ3) is 10.6. The molecule has 3 nitrogen and oxygen atoms in total. The van der Waals surface area contributed by atoms with Crippen LogP contribution in [-0.2, 0) is 13.6 Å². The van der Waals surface area contributed by atoms with Gasteiger partial charge in [-0.15, -0.1) is 0 Å². The molecule has 0 aromatic rings. The highest BCUT2D eigenvalue weighted by atomic mass is 32.2. The maximum Gasteiger partial charge on any atom is 0.335 e. The molecule has 0 aliphatic heterocycles. The highest BCUT2D eigenvalue weighted by Gasteiger charge is 2.30. The van der Waals surface area contributed by atoms with E-state index in [2.05, 4.69) is 13.5 Å². The van der Waals surface area contributed by atoms with Gasteiger partial charge in [0.05, 0.1) is 0 Å². The monoisotopic (exact) mass is 306 g/mol. The second-order valence-corrected chi connectivity index (χ2v) is 9.28. The van der Waals surface area contributed by atoms with Crippen LogP contribution in [-0.4, -0.2) is 32.6 Å². The fraction of sp³-hybridized carbons (Fsp3) is 0.929. The number of thioether (sulfide) groups is 1. The van der Waals surface area contributed by atoms with E-state index in [-0.39, 0.29) is 0 Å². The summed E-state index contributed by atoms with van der Waals surface area (Å²) in [6.45, 7) is 9.65. The van der Waals surface area contributed by atoms with Gasteiger partial charge < -0.3 is 8.85 Å². The molecule has 0 aromatic carbocycles. The Bertz CT molecular complexity index is 231. The van der Waals surface area contributed by atoms with Gasteiger partial charge in [0.2, 0.25) is 0 Å². The minimum Gasteiger partial charge on any atom is -0.395 e. The molecule has 0 saturated carbocycles. The zero-order valence-corrected chi connectivity index (χ0v) is 14.8. The van der Waals surface area contributed by atoms with Crippen molar-refractivity contribution < 1.29 is 13.6 Å². The lowest BCUT2D eigenvalue weighted by Crippen LogP contribution is -2.39. The summed E-state index contributed by atoms with van der Waals surface area (Å²) in [6, 6.07) is 0.889. The Morgan fingerprint density at radius 1 is 1.05 bits per heavy atom. The van der Waals surface area contributed by atoms with Crippen molar-refractivity contribution in [2.45, 2.75) is 65.5 Å². The minimum atomic E-state index is -2.03. The van der Waals surface area contributed by atoms with E-state index in [1.165, 1.54) is 31.0 Å². The van der Waals surface area contributed by atoms with E-state index < -0.39 is 8.56 Å². The number of rotatable bonds is 12. The highest BCUT2D eigenvalue weighted by Crippen LogP contribution is 2.19. The van der Waals surface area contributed by atoms with Crippen LogP contribution in [0, 0.1) is 0 Å². The maximum absolute atomic E-state index is 11.7. The van der Waals surface area contributed by atoms with Gasteiger partial charge in [-0.3, -0.25) is 4.79 Å². The number of hydrogen-bond donors (Lipinski definition) is 0. The number of hydrogen-bond acceptors (Lipinski definition) is 4. The molecule has 0 saturated heterocycles. The summed E-state index contributed by atoms with van der Waals surface area (Å²) in [6.07, 6.45) is 5.37. The maximum atomic E-state index is 11.7. The first-order chi connectivity index (χ1) is 9.08. The van der Waals surface area contributed by atoms with Crippen molar-refractivity contribution >= 4 is 25.4 Å². The van der Waals surface area contributed by atoms with Gasteiger partial charge in [0.25, 0.3) is 0 Å². The molecule has 0 bridgehead atoms. The molecule has 0 fully saturated rings. The molecule has 0 unspecified atom stereocenters. The zero-order chi connectivity index (χ0) is 14.6. The molecule has 0 spiro atoms. The van der Waals surface area contributed by atoms with Gasteiger partial charge in [0.15, 0.2) is 5.12 Å². The Morgan fingerprint density at radius 2 is 1.68 bits per heavy atom. The van der Waals surface area contributed by atoms with Crippen molar-refractivity contribution in [1.29, 1.82) is 0 Å². The van der Waals surface area contributed by atoms with Crippen LogP contribution in [0.2, 0.25) is 12.6 Å². The molecule has 0 aliphatic carbocycles. The van der Waals surface area contributed by atoms with Crippen molar-refractivity contribution in [1.82, 2.24) is 0 Å². The molecule has 0 rings (SSSR count). The van der Waals surface area contributed by atoms with E-state index in [0.29, 0.717) is 24.7 Å². The summed E-state index contributed by atoms with van der Waals surface area (Å²) in [5.41, 5.74) is 0. The quantitative estimate of drug-likeness (QED) is 0.396. The molecule has 5 heteroatoms. The van der Waals surface area contributed by atoms with Crippen LogP contribution in [0.5, 0.6) is 0 Å². The standard InChI is InChI=1S/C14H30O3SSi/c1-5-8-9-10-11-14(15)18-12-13-19(4,16-6-2)17-7-3/h5-13H2,1-4H3. The number of unbranched alkanes of at least 4 members (excludes halogenated alkanes) is 3. The van der Waals surface area contributed by atoms with E-state index in [0.717, 1.165) is 18.2 Å². The van der Waals surface area contributed by atoms with Crippen LogP contribution in [0.1, 0.15) is 52.9 Å². The lowest BCUT2D eigenvalue weighted by Gasteiger charge is -2.25. The van der Waals surface area contributed by atoms with Gasteiger partial charge in [-0.25, -0.2) is 0 Å². The van der Waals surface area contributed by atoms with Crippen LogP contribution < -0.4 is 0 Å². The minimum absolute atomic E-state index is 0.320. The highest BCUT2D eigenvalue weighted by molar-refractivity contribution is 8.13. The number of carbonyl (C=O) groups is 1. The fourth-order valence-corrected chi connectivity index (χ4v) is 5.92. The van der Waals surface area contributed by atoms with Crippen molar-refractivity contribution in [3.63, 3.8) is 0 Å². The zero-order valence-electron chi connectivity index (χ0n) is 13.0. The van der Waals surface area contributed by atoms with Crippen LogP contribution in [0.3, 0.4) is 0 Å². The third-order valence-corrected chi connectivity index (χ3v) is 7.21. The van der Waals surface area contributed by atoms with Crippen molar-refractivity contribution in [2.24, 2.45) is 0 Å². The van der Waals surface area contributed by atoms with Gasteiger partial charge >= 0.3 is 8.56 Å². The Morgan fingerprint density at radius 3 is 2.21 bits per heavy atom. The summed E-state index contributed by atoms with van der Waals surface area (Å²) >= 11 is 1.45. The van der Waals surface area contributed by atoms with E-state index in [4.69, 9.17) is 8.85 Å². The van der Waals surface area contributed by atoms with Gasteiger partial charge in [-0.1, -0.05) is 37.9 Å². The topological polar surface area (TPSA) is 35.5 Å². The molecule has 0 radical (unpaired) electrons. The van der Waals surface area contributed by atoms with Gasteiger partial charge in [0, 0.05) is 31.4 Å². The smallest absolute Gasteiger partial charge is 0.335 e. The summed E-state index contributed by atoms with van der Waals surface area (Å²) in [5, 5.41) is 0.320. The molecule has 19 heavy (non-hydrogen) atoms. The Balaban J connectivity index is 3.76. The Hall–Kier alpha value is 0.157. The fourth-order valence-electron chi connectivity index (χ4n) is 1.92. The predicted octanol–water partition coefficient (Wildman–Crippen LogP) is 4.36. The van der Waals surface area contributed by atoms with Crippen LogP contribution >= 0.6 is 11.8 Å². The Labute approximate surface area is 124 Å². The van der Waals surface area contributed by atoms with E-state index in [1.54, 1.807) is 0 Å². The van der Waals surface area contributed by atoms with Crippen LogP contribution in [0.4, 0.5) is 0 Å². The van der Waals surface area contributed by atoms with Crippen LogP contribution in [0.15, 0.2) is 0 Å². The largest absolute Gasteiger partial charge is 0.395 e. The number of carbonyl (C=O) groups excluding carboxylic acids is 1. The van der Waals surface area contributed by atoms with E-state index >= 15 is 0 Å². The summed E-state index contributed by atoms with van der Waals surface area (Å²) in [4.78, 5) is 11.7. The Kier molecular flexibility index (Phi) is 12.0. The van der Waals surface area contributed by atoms with Gasteiger partial charge in [-0.05, 0) is 26.8 Å². The lowest BCUT2D eigenvalue weighted by atomic mass is 10.2. The van der Waals surface area contributed by atoms with Crippen molar-refractivity contribution in [3.8, 4) is 0 Å². The molecule has 0 N–H and O–H groups in total. The summed E-state index contributed by atoms with van der Waals surface area (Å²) in [5.74, 6) is 0.829. The molecule has 114 valence electrons. The molecule has 0 aliphatic rings. The molecular formula is C14H30O3SSi. The molecule has 0 heterocycles. The van der Waals surface area contributed by atoms with E-state index in [1.807, 2.05) is 13.8 Å². The summed E-state index contributed by atoms with van der Waals surface area (Å²) < 4.78 is 11.5. The second kappa shape index (κ2) is 11.9. The SMILES string of the molecule is CCCCCCC(=O)SCC[Si](C)(OCC)OCC. The normalized spacial score (nSPS) is 11.8. The summed E-state index contributed by atoms with van der Waals surface area (Å²) in [7, 11) is -2.03. The van der Waals surface area contributed by atoms with Crippen molar-refractivity contribution in [3.05, 3.63) is 0 Å². The predicted molar refractivity (Wildman–Crippen MR) is 85.9 cm³/mol. The average molecular weight is 307 g/mol. The lowest BCUT2D eigenvalue weighted by molar-refractivity contribution is -0.111. The van der Waals surface area contributed by atoms with Crippen molar-refractivity contribution in [2.75, 3.05) is 19.0 Å². The van der Waals surface area contributed by atoms with Gasteiger partial charge in [-0.2, -0.15) is 0 Å². The first kappa shape index (κ1) is 19.2. The average Bonchev–Trinajstić information content (AvgIpc) is 2.35. The second-order valence-electron chi connectivity index (χ2n) is 4.78.